The van der Waals surface area contributed by atoms with Crippen molar-refractivity contribution in [3.05, 3.63) is 77.7 Å². The third kappa shape index (κ3) is 5.01. The zero-order valence-electron chi connectivity index (χ0n) is 16.7. The van der Waals surface area contributed by atoms with Gasteiger partial charge >= 0.3 is 5.97 Å². The summed E-state index contributed by atoms with van der Waals surface area (Å²) in [6, 6.07) is 15.5. The van der Waals surface area contributed by atoms with Crippen LogP contribution in [0, 0.1) is 0 Å². The molecule has 7 nitrogen and oxygen atoms in total. The molecule has 150 valence electrons. The Morgan fingerprint density at radius 3 is 1.72 bits per heavy atom. The Morgan fingerprint density at radius 2 is 1.28 bits per heavy atom. The lowest BCUT2D eigenvalue weighted by atomic mass is 10.1. The van der Waals surface area contributed by atoms with Crippen LogP contribution in [-0.4, -0.2) is 37.3 Å². The number of rotatable bonds is 8. The zero-order valence-corrected chi connectivity index (χ0v) is 16.7. The molecule has 1 aromatic heterocycles. The molecule has 0 spiro atoms. The van der Waals surface area contributed by atoms with Crippen LogP contribution in [0.15, 0.2) is 60.9 Å². The van der Waals surface area contributed by atoms with E-state index in [9.17, 15) is 4.79 Å². The summed E-state index contributed by atoms with van der Waals surface area (Å²) in [6.07, 6.45) is 3.05. The number of hydrogen-bond donors (Lipinski definition) is 0. The first-order valence-corrected chi connectivity index (χ1v) is 9.04. The number of esters is 1. The molecule has 0 radical (unpaired) electrons. The van der Waals surface area contributed by atoms with Crippen LogP contribution in [0.3, 0.4) is 0 Å². The lowest BCUT2D eigenvalue weighted by Crippen LogP contribution is -2.26. The molecule has 1 heterocycles. The molecule has 0 N–H and O–H groups in total. The van der Waals surface area contributed by atoms with Crippen molar-refractivity contribution in [2.45, 2.75) is 13.1 Å². The van der Waals surface area contributed by atoms with Crippen molar-refractivity contribution in [1.82, 2.24) is 9.97 Å². The van der Waals surface area contributed by atoms with Crippen LogP contribution < -0.4 is 14.4 Å². The SMILES string of the molecule is COC(=O)c1nccnc1N(Cc1ccc(OC)cc1)Cc1ccc(OC)cc1. The molecule has 2 aromatic carbocycles. The predicted octanol–water partition coefficient (Wildman–Crippen LogP) is 3.49. The average molecular weight is 393 g/mol. The molecule has 0 aliphatic carbocycles. The molecular formula is C22H23N3O4. The van der Waals surface area contributed by atoms with E-state index in [4.69, 9.17) is 14.2 Å². The van der Waals surface area contributed by atoms with E-state index < -0.39 is 5.97 Å². The van der Waals surface area contributed by atoms with Gasteiger partial charge in [-0.15, -0.1) is 0 Å². The quantitative estimate of drug-likeness (QED) is 0.542. The lowest BCUT2D eigenvalue weighted by molar-refractivity contribution is 0.0594. The number of benzene rings is 2. The molecule has 0 unspecified atom stereocenters. The number of carbonyl (C=O) groups excluding carboxylic acids is 1. The molecule has 0 aliphatic heterocycles. The topological polar surface area (TPSA) is 73.8 Å². The molecule has 0 amide bonds. The molecule has 0 atom stereocenters. The molecule has 0 saturated heterocycles. The number of hydrogen-bond acceptors (Lipinski definition) is 7. The monoisotopic (exact) mass is 393 g/mol. The molecule has 0 fully saturated rings. The largest absolute Gasteiger partial charge is 0.497 e. The van der Waals surface area contributed by atoms with E-state index in [2.05, 4.69) is 9.97 Å². The summed E-state index contributed by atoms with van der Waals surface area (Å²) in [5.74, 6) is 1.50. The molecule has 3 aromatic rings. The van der Waals surface area contributed by atoms with Crippen molar-refractivity contribution in [1.29, 1.82) is 0 Å². The van der Waals surface area contributed by atoms with Crippen LogP contribution in [0.4, 0.5) is 5.82 Å². The van der Waals surface area contributed by atoms with Gasteiger partial charge in [0.2, 0.25) is 0 Å². The second-order valence-electron chi connectivity index (χ2n) is 6.27. The minimum atomic E-state index is -0.525. The fraction of sp³-hybridized carbons (Fsp3) is 0.227. The number of aromatic nitrogens is 2. The number of ether oxygens (including phenoxy) is 3. The summed E-state index contributed by atoms with van der Waals surface area (Å²) in [5, 5.41) is 0. The van der Waals surface area contributed by atoms with Crippen LogP contribution in [0.5, 0.6) is 11.5 Å². The van der Waals surface area contributed by atoms with Gasteiger partial charge in [0, 0.05) is 25.5 Å². The average Bonchev–Trinajstić information content (AvgIpc) is 2.79. The molecule has 0 saturated carbocycles. The van der Waals surface area contributed by atoms with E-state index in [1.807, 2.05) is 53.4 Å². The van der Waals surface area contributed by atoms with Gasteiger partial charge in [-0.1, -0.05) is 24.3 Å². The van der Waals surface area contributed by atoms with Gasteiger partial charge in [0.05, 0.1) is 21.3 Å². The van der Waals surface area contributed by atoms with Gasteiger partial charge in [-0.05, 0) is 35.4 Å². The Balaban J connectivity index is 1.95. The van der Waals surface area contributed by atoms with Gasteiger partial charge in [-0.2, -0.15) is 0 Å². The van der Waals surface area contributed by atoms with Crippen LogP contribution >= 0.6 is 0 Å². The Morgan fingerprint density at radius 1 is 0.793 bits per heavy atom. The maximum Gasteiger partial charge on any atom is 0.360 e. The van der Waals surface area contributed by atoms with Crippen LogP contribution in [0.25, 0.3) is 0 Å². The van der Waals surface area contributed by atoms with E-state index in [1.54, 1.807) is 20.4 Å². The van der Waals surface area contributed by atoms with E-state index in [0.29, 0.717) is 18.9 Å². The summed E-state index contributed by atoms with van der Waals surface area (Å²) in [7, 11) is 4.60. The Labute approximate surface area is 169 Å². The smallest absolute Gasteiger partial charge is 0.360 e. The fourth-order valence-corrected chi connectivity index (χ4v) is 2.91. The summed E-state index contributed by atoms with van der Waals surface area (Å²) in [4.78, 5) is 22.8. The Bertz CT molecular complexity index is 894. The summed E-state index contributed by atoms with van der Waals surface area (Å²) >= 11 is 0. The fourth-order valence-electron chi connectivity index (χ4n) is 2.91. The first-order chi connectivity index (χ1) is 14.1. The highest BCUT2D eigenvalue weighted by Gasteiger charge is 2.21. The maximum atomic E-state index is 12.2. The van der Waals surface area contributed by atoms with Gasteiger partial charge < -0.3 is 19.1 Å². The van der Waals surface area contributed by atoms with E-state index in [1.165, 1.54) is 13.3 Å². The molecule has 7 heteroatoms. The van der Waals surface area contributed by atoms with Crippen LogP contribution in [0.1, 0.15) is 21.6 Å². The lowest BCUT2D eigenvalue weighted by Gasteiger charge is -2.25. The second kappa shape index (κ2) is 9.54. The standard InChI is InChI=1S/C22H23N3O4/c1-27-18-8-4-16(5-9-18)14-25(15-17-6-10-19(28-2)11-7-17)21-20(22(26)29-3)23-12-13-24-21/h4-13H,14-15H2,1-3H3. The van der Waals surface area contributed by atoms with Gasteiger partial charge in [0.1, 0.15) is 11.5 Å². The molecular weight excluding hydrogens is 370 g/mol. The minimum absolute atomic E-state index is 0.178. The van der Waals surface area contributed by atoms with E-state index in [-0.39, 0.29) is 5.69 Å². The van der Waals surface area contributed by atoms with Crippen molar-refractivity contribution in [3.63, 3.8) is 0 Å². The number of methoxy groups -OCH3 is 3. The minimum Gasteiger partial charge on any atom is -0.497 e. The predicted molar refractivity (Wildman–Crippen MR) is 109 cm³/mol. The van der Waals surface area contributed by atoms with Crippen molar-refractivity contribution < 1.29 is 19.0 Å². The molecule has 0 aliphatic rings. The van der Waals surface area contributed by atoms with Crippen molar-refractivity contribution in [2.75, 3.05) is 26.2 Å². The third-order valence-corrected chi connectivity index (χ3v) is 4.42. The van der Waals surface area contributed by atoms with Crippen molar-refractivity contribution in [2.24, 2.45) is 0 Å². The summed E-state index contributed by atoms with van der Waals surface area (Å²) in [6.45, 7) is 1.05. The third-order valence-electron chi connectivity index (χ3n) is 4.42. The number of nitrogens with zero attached hydrogens (tertiary/aromatic N) is 3. The molecule has 0 bridgehead atoms. The van der Waals surface area contributed by atoms with Crippen molar-refractivity contribution in [3.8, 4) is 11.5 Å². The first-order valence-electron chi connectivity index (χ1n) is 9.04. The van der Waals surface area contributed by atoms with Crippen molar-refractivity contribution >= 4 is 11.8 Å². The van der Waals surface area contributed by atoms with Crippen LogP contribution in [0.2, 0.25) is 0 Å². The number of carbonyl (C=O) groups is 1. The van der Waals surface area contributed by atoms with E-state index in [0.717, 1.165) is 22.6 Å². The maximum absolute atomic E-state index is 12.2. The normalized spacial score (nSPS) is 10.3. The zero-order chi connectivity index (χ0) is 20.6. The van der Waals surface area contributed by atoms with Gasteiger partial charge in [-0.25, -0.2) is 14.8 Å². The van der Waals surface area contributed by atoms with Gasteiger partial charge in [0.15, 0.2) is 11.5 Å². The van der Waals surface area contributed by atoms with Gasteiger partial charge in [-0.3, -0.25) is 0 Å². The highest BCUT2D eigenvalue weighted by atomic mass is 16.5. The Hall–Kier alpha value is -3.61. The molecule has 29 heavy (non-hydrogen) atoms. The highest BCUT2D eigenvalue weighted by molar-refractivity contribution is 5.92. The van der Waals surface area contributed by atoms with Gasteiger partial charge in [0.25, 0.3) is 0 Å². The summed E-state index contributed by atoms with van der Waals surface area (Å²) < 4.78 is 15.4. The first kappa shape index (κ1) is 20.1. The molecule has 3 rings (SSSR count). The second-order valence-corrected chi connectivity index (χ2v) is 6.27. The van der Waals surface area contributed by atoms with Crippen LogP contribution in [-0.2, 0) is 17.8 Å². The Kier molecular flexibility index (Phi) is 6.63. The highest BCUT2D eigenvalue weighted by Crippen LogP contribution is 2.23. The number of anilines is 1. The van der Waals surface area contributed by atoms with E-state index >= 15 is 0 Å². The summed E-state index contributed by atoms with van der Waals surface area (Å²) in [5.41, 5.74) is 2.26.